The lowest BCUT2D eigenvalue weighted by molar-refractivity contribution is 1.08. The predicted octanol–water partition coefficient (Wildman–Crippen LogP) is 4.78. The number of aromatic nitrogens is 3. The molecule has 4 rings (SSSR count). The number of fused-ring (bicyclic) bond motifs is 1. The summed E-state index contributed by atoms with van der Waals surface area (Å²) in [7, 11) is 0. The van der Waals surface area contributed by atoms with Crippen molar-refractivity contribution in [3.8, 4) is 11.3 Å². The molecular weight excluding hydrogens is 290 g/mol. The van der Waals surface area contributed by atoms with Gasteiger partial charge in [-0.05, 0) is 30.3 Å². The first kappa shape index (κ1) is 13.1. The van der Waals surface area contributed by atoms with Crippen molar-refractivity contribution in [2.24, 2.45) is 0 Å². The number of rotatable bonds is 3. The van der Waals surface area contributed by atoms with Crippen LogP contribution in [0.4, 0.5) is 0 Å². The number of hydrogen-bond acceptors (Lipinski definition) is 3. The number of aromatic amines is 1. The first-order valence-corrected chi connectivity index (χ1v) is 7.85. The zero-order chi connectivity index (χ0) is 14.8. The third-order valence-corrected chi connectivity index (χ3v) is 4.36. The number of imidazole rings is 1. The van der Waals surface area contributed by atoms with Crippen molar-refractivity contribution in [1.82, 2.24) is 15.0 Å². The van der Waals surface area contributed by atoms with Gasteiger partial charge in [0.15, 0.2) is 5.16 Å². The molecule has 0 spiro atoms. The molecule has 0 amide bonds. The van der Waals surface area contributed by atoms with E-state index in [1.54, 1.807) is 11.8 Å². The molecule has 0 bridgehead atoms. The van der Waals surface area contributed by atoms with Crippen molar-refractivity contribution in [2.45, 2.75) is 10.1 Å². The molecule has 2 aromatic heterocycles. The van der Waals surface area contributed by atoms with Crippen LogP contribution < -0.4 is 0 Å². The van der Waals surface area contributed by atoms with Gasteiger partial charge in [0.05, 0.1) is 16.7 Å². The molecule has 2 aromatic carbocycles. The lowest BCUT2D eigenvalue weighted by Gasteiger charge is -2.06. The quantitative estimate of drug-likeness (QED) is 0.592. The average molecular weight is 303 g/mol. The van der Waals surface area contributed by atoms with Crippen molar-refractivity contribution >= 4 is 22.8 Å². The Labute approximate surface area is 132 Å². The fraction of sp³-hybridized carbons (Fsp3) is 0. The normalized spacial score (nSPS) is 10.9. The molecule has 4 aromatic rings. The van der Waals surface area contributed by atoms with E-state index in [0.717, 1.165) is 32.3 Å². The molecule has 22 heavy (non-hydrogen) atoms. The zero-order valence-corrected chi connectivity index (χ0v) is 12.5. The summed E-state index contributed by atoms with van der Waals surface area (Å²) in [4.78, 5) is 13.6. The fourth-order valence-electron chi connectivity index (χ4n) is 2.37. The number of hydrogen-bond donors (Lipinski definition) is 1. The van der Waals surface area contributed by atoms with Crippen molar-refractivity contribution in [1.29, 1.82) is 0 Å². The van der Waals surface area contributed by atoms with Gasteiger partial charge in [-0.25, -0.2) is 4.98 Å². The molecule has 0 atom stereocenters. The number of nitrogens with one attached hydrogen (secondary N) is 1. The van der Waals surface area contributed by atoms with Crippen molar-refractivity contribution in [2.75, 3.05) is 0 Å². The maximum atomic E-state index is 4.63. The van der Waals surface area contributed by atoms with Gasteiger partial charge >= 0.3 is 0 Å². The third-order valence-electron chi connectivity index (χ3n) is 3.40. The molecule has 0 unspecified atom stereocenters. The average Bonchev–Trinajstić information content (AvgIpc) is 2.98. The smallest absolute Gasteiger partial charge is 0.171 e. The van der Waals surface area contributed by atoms with E-state index in [4.69, 9.17) is 0 Å². The topological polar surface area (TPSA) is 41.6 Å². The number of nitrogens with zero attached hydrogens (tertiary/aromatic N) is 2. The van der Waals surface area contributed by atoms with E-state index in [9.17, 15) is 0 Å². The molecule has 0 saturated heterocycles. The van der Waals surface area contributed by atoms with Crippen LogP contribution in [0.1, 0.15) is 0 Å². The number of para-hydroxylation sites is 2. The minimum absolute atomic E-state index is 0.893. The van der Waals surface area contributed by atoms with Crippen LogP contribution in [-0.4, -0.2) is 15.0 Å². The summed E-state index contributed by atoms with van der Waals surface area (Å²) in [6.45, 7) is 0. The summed E-state index contributed by atoms with van der Waals surface area (Å²) in [5.41, 5.74) is 4.14. The predicted molar refractivity (Wildman–Crippen MR) is 89.9 cm³/mol. The molecule has 106 valence electrons. The van der Waals surface area contributed by atoms with Gasteiger partial charge in [0.25, 0.3) is 0 Å². The Balaban J connectivity index is 1.74. The van der Waals surface area contributed by atoms with Crippen LogP contribution in [0, 0.1) is 0 Å². The molecule has 0 fully saturated rings. The van der Waals surface area contributed by atoms with Crippen LogP contribution in [0.3, 0.4) is 0 Å². The van der Waals surface area contributed by atoms with Crippen molar-refractivity contribution in [3.05, 3.63) is 72.9 Å². The lowest BCUT2D eigenvalue weighted by Crippen LogP contribution is -1.86. The Hall–Kier alpha value is -2.59. The second-order valence-electron chi connectivity index (χ2n) is 4.87. The molecule has 1 N–H and O–H groups in total. The van der Waals surface area contributed by atoms with Gasteiger partial charge in [-0.3, -0.25) is 4.98 Å². The van der Waals surface area contributed by atoms with E-state index in [1.807, 2.05) is 60.8 Å². The van der Waals surface area contributed by atoms with Crippen LogP contribution in [-0.2, 0) is 0 Å². The van der Waals surface area contributed by atoms with Crippen LogP contribution in [0.25, 0.3) is 22.3 Å². The van der Waals surface area contributed by atoms with Gasteiger partial charge in [-0.1, -0.05) is 48.2 Å². The van der Waals surface area contributed by atoms with Gasteiger partial charge in [-0.15, -0.1) is 0 Å². The second-order valence-corrected chi connectivity index (χ2v) is 5.90. The largest absolute Gasteiger partial charge is 0.333 e. The summed E-state index contributed by atoms with van der Waals surface area (Å²) in [5.74, 6) is 0. The minimum atomic E-state index is 0.893. The molecule has 0 aliphatic heterocycles. The van der Waals surface area contributed by atoms with E-state index in [2.05, 4.69) is 27.1 Å². The van der Waals surface area contributed by atoms with E-state index in [-0.39, 0.29) is 0 Å². The van der Waals surface area contributed by atoms with Gasteiger partial charge in [0, 0.05) is 16.7 Å². The monoisotopic (exact) mass is 303 g/mol. The van der Waals surface area contributed by atoms with Gasteiger partial charge < -0.3 is 4.98 Å². The highest BCUT2D eigenvalue weighted by Crippen LogP contribution is 2.34. The second kappa shape index (κ2) is 5.66. The van der Waals surface area contributed by atoms with Crippen LogP contribution >= 0.6 is 11.8 Å². The highest BCUT2D eigenvalue weighted by Gasteiger charge is 2.09. The van der Waals surface area contributed by atoms with E-state index in [0.29, 0.717) is 0 Å². The Morgan fingerprint density at radius 3 is 2.50 bits per heavy atom. The highest BCUT2D eigenvalue weighted by atomic mass is 32.2. The molecule has 0 aliphatic carbocycles. The number of benzene rings is 2. The SMILES string of the molecule is c1ccc(-c2ccccc2Sc2nc3ccccc3[nH]2)nc1. The van der Waals surface area contributed by atoms with Gasteiger partial charge in [0.1, 0.15) is 0 Å². The van der Waals surface area contributed by atoms with Gasteiger partial charge in [-0.2, -0.15) is 0 Å². The van der Waals surface area contributed by atoms with E-state index >= 15 is 0 Å². The Morgan fingerprint density at radius 2 is 1.64 bits per heavy atom. The van der Waals surface area contributed by atoms with Crippen LogP contribution in [0.15, 0.2) is 83.0 Å². The van der Waals surface area contributed by atoms with Gasteiger partial charge in [0.2, 0.25) is 0 Å². The lowest BCUT2D eigenvalue weighted by atomic mass is 10.1. The van der Waals surface area contributed by atoms with Crippen molar-refractivity contribution in [3.63, 3.8) is 0 Å². The first-order chi connectivity index (χ1) is 10.9. The molecule has 4 heteroatoms. The highest BCUT2D eigenvalue weighted by molar-refractivity contribution is 7.99. The van der Waals surface area contributed by atoms with Crippen molar-refractivity contribution < 1.29 is 0 Å². The third kappa shape index (κ3) is 2.49. The molecular formula is C18H13N3S. The fourth-order valence-corrected chi connectivity index (χ4v) is 3.31. The minimum Gasteiger partial charge on any atom is -0.333 e. The summed E-state index contributed by atoms with van der Waals surface area (Å²) in [5, 5.41) is 0.893. The van der Waals surface area contributed by atoms with Crippen LogP contribution in [0.5, 0.6) is 0 Å². The van der Waals surface area contributed by atoms with E-state index in [1.165, 1.54) is 0 Å². The summed E-state index contributed by atoms with van der Waals surface area (Å²) in [6.07, 6.45) is 1.82. The maximum absolute atomic E-state index is 4.63. The van der Waals surface area contributed by atoms with E-state index < -0.39 is 0 Å². The summed E-state index contributed by atoms with van der Waals surface area (Å²) in [6, 6.07) is 22.3. The molecule has 3 nitrogen and oxygen atoms in total. The maximum Gasteiger partial charge on any atom is 0.171 e. The first-order valence-electron chi connectivity index (χ1n) is 7.03. The van der Waals surface area contributed by atoms with Crippen LogP contribution in [0.2, 0.25) is 0 Å². The number of H-pyrrole nitrogens is 1. The Morgan fingerprint density at radius 1 is 0.818 bits per heavy atom. The Kier molecular flexibility index (Phi) is 3.37. The number of pyridine rings is 1. The molecule has 0 saturated carbocycles. The molecule has 2 heterocycles. The molecule has 0 aliphatic rings. The molecule has 0 radical (unpaired) electrons. The standard InChI is InChI=1S/C18H13N3S/c1-4-11-17(13(7-1)14-8-5-6-12-19-14)22-18-20-15-9-2-3-10-16(15)21-18/h1-12H,(H,20,21). The zero-order valence-electron chi connectivity index (χ0n) is 11.7. The Bertz CT molecular complexity index is 883. The summed E-state index contributed by atoms with van der Waals surface area (Å²) >= 11 is 1.63. The summed E-state index contributed by atoms with van der Waals surface area (Å²) < 4.78 is 0.